The standard InChI is InChI=1S/C22H33ClN6.HI/c1-5-24-22(25-14-21(27(2)3)19-6-8-20(23)9-7-19)29-11-10-17(16-29)12-18-13-26-28(4)15-18;/h6-9,13,15,17,21H,5,10-12,14,16H2,1-4H3,(H,24,25);1H. The number of guanidine groups is 1. The Balaban J connectivity index is 0.00000320. The second-order valence-corrected chi connectivity index (χ2v) is 8.49. The van der Waals surface area contributed by atoms with Crippen LogP contribution in [0.15, 0.2) is 41.7 Å². The number of nitrogens with zero attached hydrogens (tertiary/aromatic N) is 5. The monoisotopic (exact) mass is 544 g/mol. The smallest absolute Gasteiger partial charge is 0.193 e. The van der Waals surface area contributed by atoms with Crippen molar-refractivity contribution in [3.05, 3.63) is 52.8 Å². The van der Waals surface area contributed by atoms with Crippen LogP contribution in [-0.2, 0) is 13.5 Å². The molecule has 0 spiro atoms. The molecule has 0 aliphatic carbocycles. The molecule has 1 aromatic carbocycles. The number of aromatic nitrogens is 2. The van der Waals surface area contributed by atoms with Gasteiger partial charge >= 0.3 is 0 Å². The topological polar surface area (TPSA) is 48.7 Å². The average Bonchev–Trinajstić information content (AvgIpc) is 3.31. The molecule has 1 aliphatic heterocycles. The van der Waals surface area contributed by atoms with Gasteiger partial charge in [0, 0.05) is 37.9 Å². The van der Waals surface area contributed by atoms with Crippen molar-refractivity contribution >= 4 is 41.5 Å². The molecule has 8 heteroatoms. The second kappa shape index (κ2) is 11.9. The highest BCUT2D eigenvalue weighted by Crippen LogP contribution is 2.23. The van der Waals surface area contributed by atoms with Crippen LogP contribution in [0.1, 0.15) is 30.5 Å². The maximum Gasteiger partial charge on any atom is 0.193 e. The van der Waals surface area contributed by atoms with Crippen molar-refractivity contribution in [3.8, 4) is 0 Å². The number of rotatable bonds is 7. The Morgan fingerprint density at radius 2 is 2.07 bits per heavy atom. The lowest BCUT2D eigenvalue weighted by molar-refractivity contribution is 0.305. The van der Waals surface area contributed by atoms with Gasteiger partial charge in [0.15, 0.2) is 5.96 Å². The summed E-state index contributed by atoms with van der Waals surface area (Å²) in [6.07, 6.45) is 6.37. The third-order valence-electron chi connectivity index (χ3n) is 5.50. The first-order valence-electron chi connectivity index (χ1n) is 10.4. The Kier molecular flexibility index (Phi) is 9.90. The first-order chi connectivity index (χ1) is 14.0. The molecule has 2 unspecified atom stereocenters. The summed E-state index contributed by atoms with van der Waals surface area (Å²) in [5.74, 6) is 1.66. The summed E-state index contributed by atoms with van der Waals surface area (Å²) in [6.45, 7) is 5.79. The fourth-order valence-corrected chi connectivity index (χ4v) is 4.08. The van der Waals surface area contributed by atoms with Crippen LogP contribution >= 0.6 is 35.6 Å². The van der Waals surface area contributed by atoms with Gasteiger partial charge in [0.1, 0.15) is 0 Å². The molecular weight excluding hydrogens is 511 g/mol. The first kappa shape index (κ1) is 24.9. The van der Waals surface area contributed by atoms with Gasteiger partial charge in [-0.1, -0.05) is 23.7 Å². The number of likely N-dealkylation sites (tertiary alicyclic amines) is 1. The summed E-state index contributed by atoms with van der Waals surface area (Å²) in [5.41, 5.74) is 2.55. The summed E-state index contributed by atoms with van der Waals surface area (Å²) in [6, 6.07) is 8.30. The highest BCUT2D eigenvalue weighted by molar-refractivity contribution is 14.0. The largest absolute Gasteiger partial charge is 0.357 e. The SMILES string of the molecule is CCNC(=NCC(c1ccc(Cl)cc1)N(C)C)N1CCC(Cc2cnn(C)c2)C1.I. The number of aliphatic imine (C=N–C) groups is 1. The van der Waals surface area contributed by atoms with Crippen LogP contribution in [0.25, 0.3) is 0 Å². The Labute approximate surface area is 202 Å². The van der Waals surface area contributed by atoms with Gasteiger partial charge in [-0.3, -0.25) is 9.67 Å². The van der Waals surface area contributed by atoms with Crippen LogP contribution in [-0.4, -0.2) is 65.8 Å². The molecule has 1 saturated heterocycles. The van der Waals surface area contributed by atoms with Gasteiger partial charge in [0.05, 0.1) is 18.8 Å². The van der Waals surface area contributed by atoms with Gasteiger partial charge in [-0.05, 0) is 63.0 Å². The third kappa shape index (κ3) is 6.85. The van der Waals surface area contributed by atoms with Crippen molar-refractivity contribution in [3.63, 3.8) is 0 Å². The lowest BCUT2D eigenvalue weighted by atomic mass is 10.0. The lowest BCUT2D eigenvalue weighted by Crippen LogP contribution is -2.40. The summed E-state index contributed by atoms with van der Waals surface area (Å²) in [5, 5.41) is 8.55. The number of benzene rings is 1. The summed E-state index contributed by atoms with van der Waals surface area (Å²) >= 11 is 6.06. The van der Waals surface area contributed by atoms with Gasteiger partial charge in [-0.25, -0.2) is 0 Å². The fourth-order valence-electron chi connectivity index (χ4n) is 3.95. The Hall–Kier alpha value is -1.32. The molecule has 1 N–H and O–H groups in total. The van der Waals surface area contributed by atoms with E-state index in [1.165, 1.54) is 17.5 Å². The number of hydrogen-bond acceptors (Lipinski definition) is 3. The van der Waals surface area contributed by atoms with E-state index in [1.807, 2.05) is 30.1 Å². The maximum absolute atomic E-state index is 6.06. The molecule has 3 rings (SSSR count). The molecular formula is C22H34ClIN6. The molecule has 30 heavy (non-hydrogen) atoms. The molecule has 166 valence electrons. The Morgan fingerprint density at radius 3 is 2.67 bits per heavy atom. The van der Waals surface area contributed by atoms with E-state index in [0.29, 0.717) is 12.5 Å². The molecule has 0 bridgehead atoms. The average molecular weight is 545 g/mol. The highest BCUT2D eigenvalue weighted by Gasteiger charge is 2.26. The van der Waals surface area contributed by atoms with E-state index in [9.17, 15) is 0 Å². The summed E-state index contributed by atoms with van der Waals surface area (Å²) in [7, 11) is 6.17. The van der Waals surface area contributed by atoms with E-state index >= 15 is 0 Å². The van der Waals surface area contributed by atoms with E-state index in [4.69, 9.17) is 16.6 Å². The first-order valence-corrected chi connectivity index (χ1v) is 10.8. The van der Waals surface area contributed by atoms with Crippen molar-refractivity contribution in [2.45, 2.75) is 25.8 Å². The van der Waals surface area contributed by atoms with Gasteiger partial charge in [0.2, 0.25) is 0 Å². The molecule has 0 amide bonds. The molecule has 6 nitrogen and oxygen atoms in total. The number of aryl methyl sites for hydroxylation is 1. The Bertz CT molecular complexity index is 804. The zero-order valence-corrected chi connectivity index (χ0v) is 21.5. The van der Waals surface area contributed by atoms with Crippen molar-refractivity contribution in [1.82, 2.24) is 24.9 Å². The minimum absolute atomic E-state index is 0. The fraction of sp³-hybridized carbons (Fsp3) is 0.545. The minimum atomic E-state index is 0. The number of likely N-dealkylation sites (N-methyl/N-ethyl adjacent to an activating group) is 1. The van der Waals surface area contributed by atoms with Crippen LogP contribution in [0.2, 0.25) is 5.02 Å². The molecule has 0 radical (unpaired) electrons. The van der Waals surface area contributed by atoms with Crippen LogP contribution < -0.4 is 5.32 Å². The summed E-state index contributed by atoms with van der Waals surface area (Å²) in [4.78, 5) is 9.62. The van der Waals surface area contributed by atoms with E-state index < -0.39 is 0 Å². The van der Waals surface area contributed by atoms with E-state index in [-0.39, 0.29) is 30.0 Å². The molecule has 1 aliphatic rings. The molecule has 2 atom stereocenters. The highest BCUT2D eigenvalue weighted by atomic mass is 127. The zero-order valence-electron chi connectivity index (χ0n) is 18.4. The molecule has 2 heterocycles. The second-order valence-electron chi connectivity index (χ2n) is 8.05. The van der Waals surface area contributed by atoms with Crippen LogP contribution in [0, 0.1) is 5.92 Å². The van der Waals surface area contributed by atoms with Gasteiger partial charge in [-0.2, -0.15) is 5.10 Å². The van der Waals surface area contributed by atoms with Crippen molar-refractivity contribution in [2.24, 2.45) is 18.0 Å². The third-order valence-corrected chi connectivity index (χ3v) is 5.75. The van der Waals surface area contributed by atoms with E-state index in [0.717, 1.165) is 37.0 Å². The van der Waals surface area contributed by atoms with E-state index in [1.54, 1.807) is 0 Å². The van der Waals surface area contributed by atoms with Crippen molar-refractivity contribution < 1.29 is 0 Å². The molecule has 0 saturated carbocycles. The lowest BCUT2D eigenvalue weighted by Gasteiger charge is -2.26. The van der Waals surface area contributed by atoms with Gasteiger partial charge in [-0.15, -0.1) is 24.0 Å². The van der Waals surface area contributed by atoms with Gasteiger partial charge < -0.3 is 15.1 Å². The normalized spacial score (nSPS) is 17.9. The summed E-state index contributed by atoms with van der Waals surface area (Å²) < 4.78 is 1.88. The minimum Gasteiger partial charge on any atom is -0.357 e. The zero-order chi connectivity index (χ0) is 20.8. The molecule has 2 aromatic rings. The van der Waals surface area contributed by atoms with Crippen LogP contribution in [0.3, 0.4) is 0 Å². The maximum atomic E-state index is 6.06. The van der Waals surface area contributed by atoms with Crippen molar-refractivity contribution in [1.29, 1.82) is 0 Å². The number of halogens is 2. The number of nitrogens with one attached hydrogen (secondary N) is 1. The van der Waals surface area contributed by atoms with Crippen LogP contribution in [0.4, 0.5) is 0 Å². The van der Waals surface area contributed by atoms with Gasteiger partial charge in [0.25, 0.3) is 0 Å². The number of hydrogen-bond donors (Lipinski definition) is 1. The van der Waals surface area contributed by atoms with Crippen molar-refractivity contribution in [2.75, 3.05) is 40.3 Å². The quantitative estimate of drug-likeness (QED) is 0.327. The van der Waals surface area contributed by atoms with Crippen LogP contribution in [0.5, 0.6) is 0 Å². The predicted octanol–water partition coefficient (Wildman–Crippen LogP) is 3.82. The van der Waals surface area contributed by atoms with E-state index in [2.05, 4.69) is 59.6 Å². The predicted molar refractivity (Wildman–Crippen MR) is 136 cm³/mol. The molecule has 1 aromatic heterocycles. The molecule has 1 fully saturated rings. The Morgan fingerprint density at radius 1 is 1.33 bits per heavy atom.